The normalized spacial score (nSPS) is 14.8. The molecule has 1 aliphatic rings. The summed E-state index contributed by atoms with van der Waals surface area (Å²) in [7, 11) is 0. The summed E-state index contributed by atoms with van der Waals surface area (Å²) in [6.07, 6.45) is -4.38. The van der Waals surface area contributed by atoms with Crippen LogP contribution in [0, 0.1) is 0 Å². The molecule has 0 amide bonds. The molecule has 0 radical (unpaired) electrons. The van der Waals surface area contributed by atoms with Crippen LogP contribution in [-0.2, 0) is 23.9 Å². The number of hydrogen-bond acceptors (Lipinski definition) is 3. The topological polar surface area (TPSA) is 62.5 Å². The molecule has 0 spiro atoms. The van der Waals surface area contributed by atoms with Crippen molar-refractivity contribution in [3.05, 3.63) is 135 Å². The molecule has 0 aliphatic carbocycles. The van der Waals surface area contributed by atoms with E-state index in [9.17, 15) is 27.9 Å². The van der Waals surface area contributed by atoms with E-state index < -0.39 is 29.3 Å². The molecule has 0 saturated heterocycles. The van der Waals surface area contributed by atoms with Gasteiger partial charge in [-0.3, -0.25) is 9.36 Å². The van der Waals surface area contributed by atoms with Gasteiger partial charge in [0.25, 0.3) is 5.56 Å². The van der Waals surface area contributed by atoms with Gasteiger partial charge in [-0.25, -0.2) is 4.79 Å². The second-order valence-electron chi connectivity index (χ2n) is 10.3. The van der Waals surface area contributed by atoms with Gasteiger partial charge in [-0.15, -0.1) is 0 Å². The lowest BCUT2D eigenvalue weighted by atomic mass is 9.92. The van der Waals surface area contributed by atoms with E-state index in [4.69, 9.17) is 11.6 Å². The fourth-order valence-electron chi connectivity index (χ4n) is 5.77. The molecule has 1 atom stereocenters. The standard InChI is InChI=1S/C33H24ClF3N2O3/c34-27-14-13-21(25-11-4-5-12-26(25)27)15-23-17-29(40)39-28(32(41)42)19-38(18-20-7-2-1-3-8-20)31(39)30(23)22-9-6-10-24(16-22)33(35,36)37/h1-14,16-17,28H,15,18-19H2,(H,41,42). The number of benzene rings is 4. The molecule has 9 heteroatoms. The minimum atomic E-state index is -4.59. The lowest BCUT2D eigenvalue weighted by Crippen LogP contribution is -2.28. The Kier molecular flexibility index (Phi) is 7.02. The first-order valence-electron chi connectivity index (χ1n) is 13.3. The highest BCUT2D eigenvalue weighted by atomic mass is 35.5. The lowest BCUT2D eigenvalue weighted by Gasteiger charge is -2.24. The van der Waals surface area contributed by atoms with Crippen molar-refractivity contribution in [2.45, 2.75) is 25.2 Å². The molecule has 1 aliphatic heterocycles. The molecule has 5 nitrogen and oxygen atoms in total. The number of alkyl halides is 3. The van der Waals surface area contributed by atoms with E-state index in [-0.39, 0.29) is 30.9 Å². The van der Waals surface area contributed by atoms with E-state index in [0.29, 0.717) is 16.1 Å². The smallest absolute Gasteiger partial charge is 0.416 e. The number of aromatic nitrogens is 1. The summed E-state index contributed by atoms with van der Waals surface area (Å²) in [4.78, 5) is 27.8. The van der Waals surface area contributed by atoms with E-state index >= 15 is 0 Å². The van der Waals surface area contributed by atoms with Crippen molar-refractivity contribution < 1.29 is 23.1 Å². The third-order valence-corrected chi connectivity index (χ3v) is 7.96. The second kappa shape index (κ2) is 10.7. The van der Waals surface area contributed by atoms with Crippen LogP contribution >= 0.6 is 11.6 Å². The number of aliphatic carboxylic acids is 1. The number of rotatable bonds is 6. The summed E-state index contributed by atoms with van der Waals surface area (Å²) in [5.41, 5.74) is 1.45. The number of pyridine rings is 1. The molecule has 4 aromatic carbocycles. The van der Waals surface area contributed by atoms with E-state index in [1.807, 2.05) is 60.7 Å². The summed E-state index contributed by atoms with van der Waals surface area (Å²) in [6, 6.07) is 25.5. The third-order valence-electron chi connectivity index (χ3n) is 7.63. The average molecular weight is 589 g/mol. The van der Waals surface area contributed by atoms with Crippen molar-refractivity contribution in [2.75, 3.05) is 11.4 Å². The van der Waals surface area contributed by atoms with Crippen LogP contribution in [0.15, 0.2) is 102 Å². The molecule has 2 heterocycles. The SMILES string of the molecule is O=C(O)C1CN(Cc2ccccc2)c2c(-c3cccc(C(F)(F)F)c3)c(Cc3ccc(Cl)c4ccccc34)cc(=O)n21. The predicted molar refractivity (Wildman–Crippen MR) is 157 cm³/mol. The quantitative estimate of drug-likeness (QED) is 0.222. The van der Waals surface area contributed by atoms with Crippen LogP contribution in [0.1, 0.15) is 28.3 Å². The minimum Gasteiger partial charge on any atom is -0.480 e. The van der Waals surface area contributed by atoms with Gasteiger partial charge in [0.15, 0.2) is 6.04 Å². The molecular weight excluding hydrogens is 565 g/mol. The molecule has 5 aromatic rings. The molecule has 6 rings (SSSR count). The van der Waals surface area contributed by atoms with Gasteiger partial charge in [0.05, 0.1) is 12.1 Å². The van der Waals surface area contributed by atoms with E-state index in [1.54, 1.807) is 17.0 Å². The number of halogens is 4. The Morgan fingerprint density at radius 1 is 0.881 bits per heavy atom. The maximum atomic E-state index is 13.9. The summed E-state index contributed by atoms with van der Waals surface area (Å²) >= 11 is 6.44. The van der Waals surface area contributed by atoms with Gasteiger partial charge >= 0.3 is 12.1 Å². The van der Waals surface area contributed by atoms with Gasteiger partial charge in [0.1, 0.15) is 5.82 Å². The number of hydrogen-bond donors (Lipinski definition) is 1. The molecule has 42 heavy (non-hydrogen) atoms. The van der Waals surface area contributed by atoms with Gasteiger partial charge in [-0.05, 0) is 52.3 Å². The zero-order valence-corrected chi connectivity index (χ0v) is 22.9. The van der Waals surface area contributed by atoms with E-state index in [2.05, 4.69) is 0 Å². The Labute approximate surface area is 244 Å². The van der Waals surface area contributed by atoms with Crippen LogP contribution in [0.5, 0.6) is 0 Å². The number of carboxylic acids is 1. The van der Waals surface area contributed by atoms with Gasteiger partial charge in [-0.2, -0.15) is 13.2 Å². The van der Waals surface area contributed by atoms with Crippen LogP contribution in [0.2, 0.25) is 5.02 Å². The van der Waals surface area contributed by atoms with Crippen molar-refractivity contribution in [1.82, 2.24) is 4.57 Å². The van der Waals surface area contributed by atoms with Crippen molar-refractivity contribution in [1.29, 1.82) is 0 Å². The molecule has 1 N–H and O–H groups in total. The summed E-state index contributed by atoms with van der Waals surface area (Å²) in [5.74, 6) is -0.910. The molecule has 1 aromatic heterocycles. The van der Waals surface area contributed by atoms with Crippen LogP contribution in [0.25, 0.3) is 21.9 Å². The average Bonchev–Trinajstić information content (AvgIpc) is 3.35. The van der Waals surface area contributed by atoms with Crippen molar-refractivity contribution in [3.63, 3.8) is 0 Å². The largest absolute Gasteiger partial charge is 0.480 e. The number of carbonyl (C=O) groups is 1. The molecular formula is C33H24ClF3N2O3. The first kappa shape index (κ1) is 27.6. The maximum absolute atomic E-state index is 13.9. The molecule has 0 bridgehead atoms. The van der Waals surface area contributed by atoms with Crippen molar-refractivity contribution in [2.24, 2.45) is 0 Å². The maximum Gasteiger partial charge on any atom is 0.416 e. The monoisotopic (exact) mass is 588 g/mol. The molecule has 0 saturated carbocycles. The highest BCUT2D eigenvalue weighted by Gasteiger charge is 2.38. The van der Waals surface area contributed by atoms with Gasteiger partial charge in [0.2, 0.25) is 0 Å². The molecule has 1 unspecified atom stereocenters. The summed E-state index contributed by atoms with van der Waals surface area (Å²) in [6.45, 7) is 0.252. The molecule has 212 valence electrons. The number of carboxylic acid groups (broad SMARTS) is 1. The van der Waals surface area contributed by atoms with Crippen LogP contribution in [0.4, 0.5) is 19.0 Å². The fraction of sp³-hybridized carbons (Fsp3) is 0.152. The van der Waals surface area contributed by atoms with Crippen LogP contribution in [-0.4, -0.2) is 22.2 Å². The fourth-order valence-corrected chi connectivity index (χ4v) is 6.00. The number of anilines is 1. The highest BCUT2D eigenvalue weighted by molar-refractivity contribution is 6.35. The van der Waals surface area contributed by atoms with Crippen molar-refractivity contribution >= 4 is 34.2 Å². The van der Waals surface area contributed by atoms with Gasteiger partial charge in [-0.1, -0.05) is 84.4 Å². The van der Waals surface area contributed by atoms with Crippen LogP contribution < -0.4 is 10.5 Å². The second-order valence-corrected chi connectivity index (χ2v) is 10.7. The first-order valence-corrected chi connectivity index (χ1v) is 13.6. The highest BCUT2D eigenvalue weighted by Crippen LogP contribution is 2.42. The lowest BCUT2D eigenvalue weighted by molar-refractivity contribution is -0.140. The first-order chi connectivity index (χ1) is 20.1. The minimum absolute atomic E-state index is 0.0151. The number of fused-ring (bicyclic) bond motifs is 2. The number of nitrogens with zero attached hydrogens (tertiary/aromatic N) is 2. The predicted octanol–water partition coefficient (Wildman–Crippen LogP) is 7.58. The molecule has 0 fully saturated rings. The Balaban J connectivity index is 1.62. The van der Waals surface area contributed by atoms with E-state index in [1.165, 1.54) is 16.7 Å². The Morgan fingerprint density at radius 3 is 2.31 bits per heavy atom. The Bertz CT molecular complexity index is 1890. The zero-order valence-electron chi connectivity index (χ0n) is 22.1. The van der Waals surface area contributed by atoms with Crippen LogP contribution in [0.3, 0.4) is 0 Å². The zero-order chi connectivity index (χ0) is 29.6. The van der Waals surface area contributed by atoms with E-state index in [0.717, 1.165) is 34.0 Å². The van der Waals surface area contributed by atoms with Gasteiger partial charge in [0, 0.05) is 28.6 Å². The Hall–Kier alpha value is -4.56. The summed E-state index contributed by atoms with van der Waals surface area (Å²) < 4.78 is 42.8. The van der Waals surface area contributed by atoms with Crippen molar-refractivity contribution in [3.8, 4) is 11.1 Å². The Morgan fingerprint density at radius 2 is 1.60 bits per heavy atom. The third kappa shape index (κ3) is 5.03. The summed E-state index contributed by atoms with van der Waals surface area (Å²) in [5, 5.41) is 12.3. The van der Waals surface area contributed by atoms with Gasteiger partial charge < -0.3 is 10.0 Å².